The maximum Gasteiger partial charge on any atom is 0.328 e. The number of rotatable bonds is 4. The summed E-state index contributed by atoms with van der Waals surface area (Å²) in [5, 5.41) is 20.6. The van der Waals surface area contributed by atoms with Gasteiger partial charge in [0, 0.05) is 11.3 Å². The van der Waals surface area contributed by atoms with Gasteiger partial charge in [-0.25, -0.2) is 4.79 Å². The van der Waals surface area contributed by atoms with E-state index in [0.717, 1.165) is 5.56 Å². The smallest absolute Gasteiger partial charge is 0.328 e. The molecule has 1 fully saturated rings. The van der Waals surface area contributed by atoms with E-state index in [4.69, 9.17) is 5.11 Å². The molecule has 8 heteroatoms. The minimum absolute atomic E-state index is 0.218. The van der Waals surface area contributed by atoms with Crippen molar-refractivity contribution in [3.05, 3.63) is 35.4 Å². The summed E-state index contributed by atoms with van der Waals surface area (Å²) in [5.41, 5.74) is 1.45. The Bertz CT molecular complexity index is 678. The zero-order chi connectivity index (χ0) is 16.7. The van der Waals surface area contributed by atoms with Gasteiger partial charge in [0.1, 0.15) is 11.4 Å². The Kier molecular flexibility index (Phi) is 4.03. The van der Waals surface area contributed by atoms with Gasteiger partial charge in [0.15, 0.2) is 6.04 Å². The van der Waals surface area contributed by atoms with Gasteiger partial charge >= 0.3 is 5.97 Å². The number of carboxylic acids is 1. The fourth-order valence-corrected chi connectivity index (χ4v) is 4.35. The van der Waals surface area contributed by atoms with E-state index < -0.39 is 30.1 Å². The largest absolute Gasteiger partial charge is 0.480 e. The van der Waals surface area contributed by atoms with Crippen molar-refractivity contribution in [2.45, 2.75) is 30.5 Å². The molecule has 2 amide bonds. The van der Waals surface area contributed by atoms with Crippen LogP contribution in [0.25, 0.3) is 0 Å². The van der Waals surface area contributed by atoms with Crippen molar-refractivity contribution in [2.75, 3.05) is 5.75 Å². The number of carbonyl (C=O) groups is 3. The maximum atomic E-state index is 12.5. The fourth-order valence-electron chi connectivity index (χ4n) is 2.88. The molecule has 7 nitrogen and oxygen atoms in total. The molecule has 2 aliphatic rings. The average molecular weight is 336 g/mol. The van der Waals surface area contributed by atoms with E-state index in [9.17, 15) is 19.5 Å². The summed E-state index contributed by atoms with van der Waals surface area (Å²) in [7, 11) is 0. The highest BCUT2D eigenvalue weighted by Gasteiger charge is 2.48. The van der Waals surface area contributed by atoms with Crippen LogP contribution in [0.2, 0.25) is 0 Å². The number of thioether (sulfide) groups is 1. The molecule has 0 spiro atoms. The first kappa shape index (κ1) is 15.8. The van der Waals surface area contributed by atoms with Crippen molar-refractivity contribution in [3.63, 3.8) is 0 Å². The molecule has 1 saturated heterocycles. The lowest BCUT2D eigenvalue weighted by Gasteiger charge is -2.25. The Hall–Kier alpha value is -2.06. The Morgan fingerprint density at radius 2 is 2.09 bits per heavy atom. The molecule has 0 aliphatic carbocycles. The summed E-state index contributed by atoms with van der Waals surface area (Å²) in [4.78, 5) is 37.5. The van der Waals surface area contributed by atoms with Gasteiger partial charge in [-0.05, 0) is 18.6 Å². The normalized spacial score (nSPS) is 24.8. The van der Waals surface area contributed by atoms with E-state index in [0.29, 0.717) is 11.3 Å². The number of nitrogens with one attached hydrogen (secondary N) is 1. The molecule has 23 heavy (non-hydrogen) atoms. The van der Waals surface area contributed by atoms with Crippen molar-refractivity contribution in [1.82, 2.24) is 10.2 Å². The van der Waals surface area contributed by atoms with Gasteiger partial charge in [0.05, 0.1) is 6.10 Å². The molecule has 1 aromatic carbocycles. The molecule has 0 bridgehead atoms. The standard InChI is InChI=1S/C15H16N2O5S/c1-7(18)11(15(21)22)16-12(19)10-6-23-14-9-5-3-2-4-8(9)13(20)17(10)14/h2-5,7,10-11,14,18H,6H2,1H3,(H,16,19)(H,21,22)/t7?,10-,11-,14?/m0/s1. The van der Waals surface area contributed by atoms with Gasteiger partial charge in [-0.3, -0.25) is 9.59 Å². The second-order valence-corrected chi connectivity index (χ2v) is 6.68. The van der Waals surface area contributed by atoms with Gasteiger partial charge in [-0.2, -0.15) is 0 Å². The summed E-state index contributed by atoms with van der Waals surface area (Å²) < 4.78 is 0. The van der Waals surface area contributed by atoms with Crippen molar-refractivity contribution in [1.29, 1.82) is 0 Å². The van der Waals surface area contributed by atoms with Crippen molar-refractivity contribution in [2.24, 2.45) is 0 Å². The van der Waals surface area contributed by atoms with Crippen LogP contribution in [0, 0.1) is 0 Å². The zero-order valence-electron chi connectivity index (χ0n) is 12.3. The van der Waals surface area contributed by atoms with Crippen LogP contribution in [-0.2, 0) is 9.59 Å². The topological polar surface area (TPSA) is 107 Å². The molecular weight excluding hydrogens is 320 g/mol. The molecule has 2 aliphatic heterocycles. The number of aliphatic carboxylic acids is 1. The highest BCUT2D eigenvalue weighted by Crippen LogP contribution is 2.48. The van der Waals surface area contributed by atoms with E-state index >= 15 is 0 Å². The number of carboxylic acid groups (broad SMARTS) is 1. The third kappa shape index (κ3) is 2.57. The highest BCUT2D eigenvalue weighted by atomic mass is 32.2. The number of hydrogen-bond donors (Lipinski definition) is 3. The lowest BCUT2D eigenvalue weighted by atomic mass is 10.1. The first-order valence-corrected chi connectivity index (χ1v) is 8.21. The Morgan fingerprint density at radius 1 is 1.39 bits per heavy atom. The van der Waals surface area contributed by atoms with E-state index in [1.165, 1.54) is 23.6 Å². The number of fused-ring (bicyclic) bond motifs is 3. The quantitative estimate of drug-likeness (QED) is 0.725. The van der Waals surface area contributed by atoms with Gasteiger partial charge < -0.3 is 20.4 Å². The second-order valence-electron chi connectivity index (χ2n) is 5.57. The van der Waals surface area contributed by atoms with Crippen LogP contribution in [0.1, 0.15) is 28.2 Å². The molecule has 4 atom stereocenters. The van der Waals surface area contributed by atoms with E-state index in [1.54, 1.807) is 12.1 Å². The fraction of sp³-hybridized carbons (Fsp3) is 0.400. The number of aliphatic hydroxyl groups excluding tert-OH is 1. The van der Waals surface area contributed by atoms with Crippen LogP contribution in [-0.4, -0.2) is 56.8 Å². The minimum Gasteiger partial charge on any atom is -0.480 e. The van der Waals surface area contributed by atoms with Crippen LogP contribution >= 0.6 is 11.8 Å². The van der Waals surface area contributed by atoms with E-state index in [1.807, 2.05) is 12.1 Å². The van der Waals surface area contributed by atoms with Gasteiger partial charge in [0.25, 0.3) is 5.91 Å². The summed E-state index contributed by atoms with van der Waals surface area (Å²) >= 11 is 1.47. The summed E-state index contributed by atoms with van der Waals surface area (Å²) in [5.74, 6) is -1.70. The molecule has 1 aromatic rings. The third-order valence-corrected chi connectivity index (χ3v) is 5.35. The summed E-state index contributed by atoms with van der Waals surface area (Å²) in [6.45, 7) is 1.29. The third-order valence-electron chi connectivity index (χ3n) is 4.04. The van der Waals surface area contributed by atoms with E-state index in [-0.39, 0.29) is 11.3 Å². The number of hydrogen-bond acceptors (Lipinski definition) is 5. The number of amides is 2. The molecule has 122 valence electrons. The van der Waals surface area contributed by atoms with Crippen LogP contribution in [0.4, 0.5) is 0 Å². The first-order valence-electron chi connectivity index (χ1n) is 7.16. The number of nitrogens with zero attached hydrogens (tertiary/aromatic N) is 1. The Labute approximate surface area is 136 Å². The highest BCUT2D eigenvalue weighted by molar-refractivity contribution is 7.99. The predicted octanol–water partition coefficient (Wildman–Crippen LogP) is 0.207. The van der Waals surface area contributed by atoms with Crippen molar-refractivity contribution >= 4 is 29.5 Å². The molecule has 0 saturated carbocycles. The van der Waals surface area contributed by atoms with Crippen LogP contribution < -0.4 is 5.32 Å². The molecule has 3 N–H and O–H groups in total. The minimum atomic E-state index is -1.40. The number of aliphatic hydroxyl groups is 1. The van der Waals surface area contributed by atoms with E-state index in [2.05, 4.69) is 5.32 Å². The number of carbonyl (C=O) groups excluding carboxylic acids is 2. The lowest BCUT2D eigenvalue weighted by Crippen LogP contribution is -2.54. The van der Waals surface area contributed by atoms with Crippen LogP contribution in [0.3, 0.4) is 0 Å². The van der Waals surface area contributed by atoms with Gasteiger partial charge in [-0.15, -0.1) is 11.8 Å². The molecule has 0 radical (unpaired) electrons. The SMILES string of the molecule is CC(O)[C@H](NC(=O)[C@@H]1CSC2c3ccccc3C(=O)N21)C(=O)O. The Morgan fingerprint density at radius 3 is 2.74 bits per heavy atom. The molecule has 0 aromatic heterocycles. The van der Waals surface area contributed by atoms with Crippen LogP contribution in [0.15, 0.2) is 24.3 Å². The monoisotopic (exact) mass is 336 g/mol. The first-order chi connectivity index (χ1) is 10.9. The average Bonchev–Trinajstić information content (AvgIpc) is 3.05. The summed E-state index contributed by atoms with van der Waals surface area (Å²) in [6, 6.07) is 5.06. The predicted molar refractivity (Wildman–Crippen MR) is 82.8 cm³/mol. The van der Waals surface area contributed by atoms with Gasteiger partial charge in [0.2, 0.25) is 5.91 Å². The molecule has 2 heterocycles. The maximum absolute atomic E-state index is 12.5. The number of benzene rings is 1. The molecular formula is C15H16N2O5S. The van der Waals surface area contributed by atoms with Crippen molar-refractivity contribution < 1.29 is 24.6 Å². The second kappa shape index (κ2) is 5.86. The molecule has 2 unspecified atom stereocenters. The lowest BCUT2D eigenvalue weighted by molar-refractivity contribution is -0.145. The van der Waals surface area contributed by atoms with Gasteiger partial charge in [-0.1, -0.05) is 18.2 Å². The zero-order valence-corrected chi connectivity index (χ0v) is 13.1. The van der Waals surface area contributed by atoms with Crippen LogP contribution in [0.5, 0.6) is 0 Å². The summed E-state index contributed by atoms with van der Waals surface area (Å²) in [6.07, 6.45) is -1.23. The van der Waals surface area contributed by atoms with Crippen molar-refractivity contribution in [3.8, 4) is 0 Å². The molecule has 3 rings (SSSR count). The Balaban J connectivity index is 1.80.